The highest BCUT2D eigenvalue weighted by Crippen LogP contribution is 2.52. The topological polar surface area (TPSA) is 91.7 Å². The van der Waals surface area contributed by atoms with Crippen molar-refractivity contribution in [3.63, 3.8) is 0 Å². The van der Waals surface area contributed by atoms with Gasteiger partial charge in [-0.25, -0.2) is 9.48 Å². The Balaban J connectivity index is 1.25. The van der Waals surface area contributed by atoms with Crippen molar-refractivity contribution in [2.75, 3.05) is 7.05 Å². The predicted octanol–water partition coefficient (Wildman–Crippen LogP) is 5.87. The average molecular weight is 528 g/mol. The van der Waals surface area contributed by atoms with E-state index >= 15 is 0 Å². The van der Waals surface area contributed by atoms with Gasteiger partial charge >= 0.3 is 5.97 Å². The van der Waals surface area contributed by atoms with Crippen molar-refractivity contribution in [3.8, 4) is 22.6 Å². The summed E-state index contributed by atoms with van der Waals surface area (Å²) in [6.45, 7) is 2.21. The van der Waals surface area contributed by atoms with Gasteiger partial charge in [0.25, 0.3) is 0 Å². The van der Waals surface area contributed by atoms with Gasteiger partial charge in [0.2, 0.25) is 0 Å². The van der Waals surface area contributed by atoms with Gasteiger partial charge in [0.15, 0.2) is 0 Å². The minimum Gasteiger partial charge on any atom is -0.490 e. The second kappa shape index (κ2) is 10.8. The third-order valence-corrected chi connectivity index (χ3v) is 8.43. The Kier molecular flexibility index (Phi) is 7.04. The van der Waals surface area contributed by atoms with Crippen LogP contribution >= 0.6 is 0 Å². The molecule has 2 saturated carbocycles. The number of hydrogen-bond acceptors (Lipinski definition) is 6. The normalized spacial score (nSPS) is 22.1. The lowest BCUT2D eigenvalue weighted by molar-refractivity contribution is 0.0695. The zero-order valence-corrected chi connectivity index (χ0v) is 22.6. The number of carboxylic acid groups (broad SMARTS) is 1. The maximum atomic E-state index is 12.1. The van der Waals surface area contributed by atoms with Gasteiger partial charge in [-0.1, -0.05) is 49.9 Å². The molecule has 3 aliphatic rings. The molecule has 0 spiro atoms. The Hall–Kier alpha value is -3.78. The van der Waals surface area contributed by atoms with Gasteiger partial charge in [-0.15, -0.1) is 5.53 Å². The first-order valence-electron chi connectivity index (χ1n) is 14.1. The second-order valence-electron chi connectivity index (χ2n) is 11.2. The zero-order chi connectivity index (χ0) is 26.9. The Bertz CT molecular complexity index is 1370. The van der Waals surface area contributed by atoms with Gasteiger partial charge in [0.05, 0.1) is 23.7 Å². The number of rotatable bonds is 8. The summed E-state index contributed by atoms with van der Waals surface area (Å²) in [6.07, 6.45) is 12.3. The standard InChI is InChI=1S/C31H37N5O3/c1-20(21-9-5-3-4-6-10-21)39-25-14-8-12-23(16-25)22-11-7-13-24(15-22)36-30(28(18-32-36)31(37)38)27-17-26(27)29-19-35(2)34-33-29/h7-8,11-16,18-21,26-27,33-34H,3-6,9-10,17H2,1-2H3,(H,37,38)/t20-,26+,27+/m0/s1. The molecule has 0 saturated heterocycles. The minimum atomic E-state index is -0.950. The number of allylic oxidation sites excluding steroid dienone is 1. The average Bonchev–Trinajstić information content (AvgIpc) is 3.52. The number of hydrazine groups is 2. The second-order valence-corrected chi connectivity index (χ2v) is 11.2. The molecule has 8 nitrogen and oxygen atoms in total. The van der Waals surface area contributed by atoms with Crippen LogP contribution in [0.15, 0.2) is 66.6 Å². The van der Waals surface area contributed by atoms with E-state index in [4.69, 9.17) is 4.74 Å². The van der Waals surface area contributed by atoms with E-state index in [0.29, 0.717) is 5.92 Å². The van der Waals surface area contributed by atoms with Crippen LogP contribution in [0, 0.1) is 11.8 Å². The Morgan fingerprint density at radius 3 is 2.51 bits per heavy atom. The van der Waals surface area contributed by atoms with E-state index in [-0.39, 0.29) is 23.5 Å². The van der Waals surface area contributed by atoms with Crippen molar-refractivity contribution in [2.24, 2.45) is 11.8 Å². The molecular formula is C31H37N5O3. The predicted molar refractivity (Wildman–Crippen MR) is 150 cm³/mol. The fourth-order valence-electron chi connectivity index (χ4n) is 6.20. The van der Waals surface area contributed by atoms with Crippen LogP contribution < -0.4 is 15.7 Å². The van der Waals surface area contributed by atoms with Crippen molar-refractivity contribution in [2.45, 2.75) is 63.9 Å². The molecule has 204 valence electrons. The van der Waals surface area contributed by atoms with E-state index in [1.54, 1.807) is 4.68 Å². The van der Waals surface area contributed by atoms with E-state index in [1.807, 2.05) is 42.5 Å². The summed E-state index contributed by atoms with van der Waals surface area (Å²) in [7, 11) is 1.92. The molecule has 1 aromatic heterocycles. The van der Waals surface area contributed by atoms with E-state index in [0.717, 1.165) is 40.4 Å². The first-order chi connectivity index (χ1) is 19.0. The quantitative estimate of drug-likeness (QED) is 0.315. The molecule has 0 bridgehead atoms. The molecule has 2 heterocycles. The number of nitrogens with one attached hydrogen (secondary N) is 2. The maximum absolute atomic E-state index is 12.1. The number of aromatic nitrogens is 2. The Morgan fingerprint density at radius 1 is 1.05 bits per heavy atom. The van der Waals surface area contributed by atoms with Gasteiger partial charge in [0.1, 0.15) is 11.3 Å². The molecule has 2 fully saturated rings. The third-order valence-electron chi connectivity index (χ3n) is 8.43. The van der Waals surface area contributed by atoms with Crippen molar-refractivity contribution >= 4 is 5.97 Å². The molecule has 3 N–H and O–H groups in total. The van der Waals surface area contributed by atoms with Crippen LogP contribution in [0.2, 0.25) is 0 Å². The highest BCUT2D eigenvalue weighted by Gasteiger charge is 2.46. The fourth-order valence-corrected chi connectivity index (χ4v) is 6.20. The summed E-state index contributed by atoms with van der Waals surface area (Å²) < 4.78 is 8.24. The smallest absolute Gasteiger partial charge is 0.339 e. The van der Waals surface area contributed by atoms with Crippen LogP contribution in [0.1, 0.15) is 73.8 Å². The molecule has 8 heteroatoms. The zero-order valence-electron chi connectivity index (χ0n) is 22.6. The van der Waals surface area contributed by atoms with Gasteiger partial charge in [0, 0.05) is 30.8 Å². The summed E-state index contributed by atoms with van der Waals surface area (Å²) in [5, 5.41) is 16.3. The fraction of sp³-hybridized carbons (Fsp3) is 0.419. The summed E-state index contributed by atoms with van der Waals surface area (Å²) in [4.78, 5) is 12.1. The van der Waals surface area contributed by atoms with Crippen LogP contribution in [-0.4, -0.2) is 39.0 Å². The highest BCUT2D eigenvalue weighted by molar-refractivity contribution is 5.89. The number of benzene rings is 2. The highest BCUT2D eigenvalue weighted by atomic mass is 16.5. The summed E-state index contributed by atoms with van der Waals surface area (Å²) in [5.41, 5.74) is 11.3. The van der Waals surface area contributed by atoms with Crippen molar-refractivity contribution in [3.05, 3.63) is 77.9 Å². The SMILES string of the molecule is C[C@H](Oc1cccc(-c2cccc(-n3ncc(C(=O)O)c3[C@@H]3C[C@H]3C3=CN(C)NN3)c2)c1)C1CCCCCC1. The van der Waals surface area contributed by atoms with Crippen molar-refractivity contribution in [1.29, 1.82) is 0 Å². The molecule has 3 aromatic rings. The third kappa shape index (κ3) is 5.39. The van der Waals surface area contributed by atoms with Gasteiger partial charge < -0.3 is 15.3 Å². The Morgan fingerprint density at radius 2 is 1.79 bits per heavy atom. The van der Waals surface area contributed by atoms with Crippen LogP contribution in [-0.2, 0) is 0 Å². The molecule has 1 aliphatic heterocycles. The van der Waals surface area contributed by atoms with Crippen LogP contribution in [0.3, 0.4) is 0 Å². The Labute approximate surface area is 229 Å². The van der Waals surface area contributed by atoms with Gasteiger partial charge in [-0.2, -0.15) is 5.10 Å². The molecule has 2 aromatic carbocycles. The van der Waals surface area contributed by atoms with Gasteiger partial charge in [-0.3, -0.25) is 5.01 Å². The lowest BCUT2D eigenvalue weighted by Gasteiger charge is -2.24. The molecule has 0 radical (unpaired) electrons. The number of carboxylic acids is 1. The van der Waals surface area contributed by atoms with E-state index < -0.39 is 5.97 Å². The molecule has 0 amide bonds. The van der Waals surface area contributed by atoms with E-state index in [9.17, 15) is 9.90 Å². The van der Waals surface area contributed by atoms with Crippen molar-refractivity contribution in [1.82, 2.24) is 25.7 Å². The van der Waals surface area contributed by atoms with Gasteiger partial charge in [-0.05, 0) is 67.5 Å². The molecule has 6 rings (SSSR count). The first-order valence-corrected chi connectivity index (χ1v) is 14.1. The number of carbonyl (C=O) groups is 1. The minimum absolute atomic E-state index is 0.0801. The lowest BCUT2D eigenvalue weighted by Crippen LogP contribution is -2.33. The van der Waals surface area contributed by atoms with Crippen LogP contribution in [0.5, 0.6) is 5.75 Å². The number of hydrogen-bond donors (Lipinski definition) is 3. The molecule has 0 unspecified atom stereocenters. The van der Waals surface area contributed by atoms with E-state index in [2.05, 4.69) is 47.2 Å². The largest absolute Gasteiger partial charge is 0.490 e. The number of aromatic carboxylic acids is 1. The molecule has 3 atom stereocenters. The summed E-state index contributed by atoms with van der Waals surface area (Å²) in [6, 6.07) is 16.4. The maximum Gasteiger partial charge on any atom is 0.339 e. The van der Waals surface area contributed by atoms with Crippen LogP contribution in [0.4, 0.5) is 0 Å². The molecule has 2 aliphatic carbocycles. The lowest BCUT2D eigenvalue weighted by atomic mass is 9.95. The first kappa shape index (κ1) is 25.5. The number of ether oxygens (including phenoxy) is 1. The molecule has 39 heavy (non-hydrogen) atoms. The number of nitrogens with zero attached hydrogens (tertiary/aromatic N) is 3. The monoisotopic (exact) mass is 527 g/mol. The van der Waals surface area contributed by atoms with Crippen LogP contribution in [0.25, 0.3) is 16.8 Å². The summed E-state index contributed by atoms with van der Waals surface area (Å²) in [5.74, 6) is 0.854. The summed E-state index contributed by atoms with van der Waals surface area (Å²) >= 11 is 0. The van der Waals surface area contributed by atoms with Crippen molar-refractivity contribution < 1.29 is 14.6 Å². The van der Waals surface area contributed by atoms with E-state index in [1.165, 1.54) is 44.7 Å². The molecular weight excluding hydrogens is 490 g/mol.